The number of benzene rings is 2. The fraction of sp³-hybridized carbons (Fsp3) is 0.0714. The predicted octanol–water partition coefficient (Wildman–Crippen LogP) is 2.57. The number of carboxylic acid groups (broad SMARTS) is 1. The summed E-state index contributed by atoms with van der Waals surface area (Å²) in [5.41, 5.74) is 2.46. The van der Waals surface area contributed by atoms with Crippen LogP contribution in [0.4, 0.5) is 4.39 Å². The highest BCUT2D eigenvalue weighted by molar-refractivity contribution is 5.92. The van der Waals surface area contributed by atoms with Gasteiger partial charge in [-0.3, -0.25) is 0 Å². The molecule has 0 atom stereocenters. The van der Waals surface area contributed by atoms with Gasteiger partial charge in [-0.05, 0) is 48.9 Å². The highest BCUT2D eigenvalue weighted by Gasteiger charge is 2.11. The van der Waals surface area contributed by atoms with Crippen molar-refractivity contribution in [2.45, 2.75) is 6.92 Å². The van der Waals surface area contributed by atoms with Crippen LogP contribution in [0.3, 0.4) is 0 Å². The molecule has 0 aliphatic carbocycles. The van der Waals surface area contributed by atoms with E-state index >= 15 is 0 Å². The van der Waals surface area contributed by atoms with E-state index in [-0.39, 0.29) is 11.4 Å². The van der Waals surface area contributed by atoms with Crippen LogP contribution in [0.5, 0.6) is 0 Å². The molecule has 1 aromatic heterocycles. The summed E-state index contributed by atoms with van der Waals surface area (Å²) in [5.74, 6) is -1.41. The minimum atomic E-state index is -1.03. The van der Waals surface area contributed by atoms with Crippen molar-refractivity contribution >= 4 is 17.0 Å². The maximum Gasteiger partial charge on any atom is 0.335 e. The Morgan fingerprint density at radius 3 is 2.75 bits per heavy atom. The van der Waals surface area contributed by atoms with Crippen LogP contribution in [-0.4, -0.2) is 26.1 Å². The Balaban J connectivity index is 2.25. The average molecular weight is 271 g/mol. The van der Waals surface area contributed by atoms with Crippen LogP contribution >= 0.6 is 0 Å². The van der Waals surface area contributed by atoms with Crippen LogP contribution in [0.25, 0.3) is 16.7 Å². The van der Waals surface area contributed by atoms with E-state index in [1.807, 2.05) is 0 Å². The molecule has 0 aliphatic heterocycles. The molecule has 0 aliphatic rings. The Kier molecular flexibility index (Phi) is 2.71. The molecule has 3 aromatic rings. The molecule has 1 heterocycles. The minimum Gasteiger partial charge on any atom is -0.478 e. The summed E-state index contributed by atoms with van der Waals surface area (Å²) in [5, 5.41) is 16.9. The van der Waals surface area contributed by atoms with Crippen molar-refractivity contribution in [3.8, 4) is 5.69 Å². The van der Waals surface area contributed by atoms with E-state index in [1.165, 1.54) is 28.9 Å². The zero-order valence-corrected chi connectivity index (χ0v) is 10.5. The van der Waals surface area contributed by atoms with Crippen molar-refractivity contribution in [1.82, 2.24) is 15.0 Å². The Labute approximate surface area is 113 Å². The van der Waals surface area contributed by atoms with Crippen LogP contribution in [0.2, 0.25) is 0 Å². The molecule has 0 saturated carbocycles. The van der Waals surface area contributed by atoms with E-state index in [2.05, 4.69) is 10.3 Å². The monoisotopic (exact) mass is 271 g/mol. The first-order valence-electron chi connectivity index (χ1n) is 5.91. The summed E-state index contributed by atoms with van der Waals surface area (Å²) in [6.07, 6.45) is 0. The highest BCUT2D eigenvalue weighted by atomic mass is 19.1. The van der Waals surface area contributed by atoms with Crippen LogP contribution in [0.1, 0.15) is 15.9 Å². The third kappa shape index (κ3) is 2.01. The van der Waals surface area contributed by atoms with Crippen LogP contribution < -0.4 is 0 Å². The van der Waals surface area contributed by atoms with Gasteiger partial charge in [-0.2, -0.15) is 0 Å². The quantitative estimate of drug-likeness (QED) is 0.777. The molecule has 0 saturated heterocycles. The second-order valence-corrected chi connectivity index (χ2v) is 4.50. The van der Waals surface area contributed by atoms with Gasteiger partial charge < -0.3 is 5.11 Å². The zero-order chi connectivity index (χ0) is 14.3. The van der Waals surface area contributed by atoms with Crippen LogP contribution in [0, 0.1) is 12.7 Å². The largest absolute Gasteiger partial charge is 0.478 e. The van der Waals surface area contributed by atoms with Crippen molar-refractivity contribution in [2.75, 3.05) is 0 Å². The van der Waals surface area contributed by atoms with Gasteiger partial charge >= 0.3 is 5.97 Å². The first kappa shape index (κ1) is 12.3. The predicted molar refractivity (Wildman–Crippen MR) is 70.5 cm³/mol. The third-order valence-corrected chi connectivity index (χ3v) is 2.96. The number of aromatic nitrogens is 3. The van der Waals surface area contributed by atoms with E-state index in [0.717, 1.165) is 5.56 Å². The van der Waals surface area contributed by atoms with E-state index in [0.29, 0.717) is 16.7 Å². The van der Waals surface area contributed by atoms with Gasteiger partial charge in [-0.25, -0.2) is 13.9 Å². The number of hydrogen-bond donors (Lipinski definition) is 1. The standard InChI is InChI=1S/C14H10FN3O2/c1-8-4-10(15)7-11(5-8)18-13-6-9(14(19)20)2-3-12(13)16-17-18/h2-7H,1H3,(H,19,20). The molecule has 100 valence electrons. The number of rotatable bonds is 2. The topological polar surface area (TPSA) is 68.0 Å². The summed E-state index contributed by atoms with van der Waals surface area (Å²) >= 11 is 0. The molecule has 0 spiro atoms. The fourth-order valence-corrected chi connectivity index (χ4v) is 2.08. The van der Waals surface area contributed by atoms with Gasteiger partial charge in [0.15, 0.2) is 0 Å². The molecule has 6 heteroatoms. The molecule has 0 radical (unpaired) electrons. The van der Waals surface area contributed by atoms with Crippen LogP contribution in [-0.2, 0) is 0 Å². The zero-order valence-electron chi connectivity index (χ0n) is 10.5. The van der Waals surface area contributed by atoms with Crippen molar-refractivity contribution < 1.29 is 14.3 Å². The Hall–Kier alpha value is -2.76. The molecule has 2 aromatic carbocycles. The van der Waals surface area contributed by atoms with Gasteiger partial charge in [0.1, 0.15) is 11.3 Å². The lowest BCUT2D eigenvalue weighted by molar-refractivity contribution is 0.0697. The summed E-state index contributed by atoms with van der Waals surface area (Å²) in [6, 6.07) is 9.00. The normalized spacial score (nSPS) is 10.9. The number of fused-ring (bicyclic) bond motifs is 1. The number of aryl methyl sites for hydroxylation is 1. The Bertz CT molecular complexity index is 806. The molecule has 0 unspecified atom stereocenters. The number of aromatic carboxylic acids is 1. The maximum absolute atomic E-state index is 13.5. The molecule has 1 N–H and O–H groups in total. The van der Waals surface area contributed by atoms with E-state index < -0.39 is 5.97 Å². The van der Waals surface area contributed by atoms with E-state index in [9.17, 15) is 9.18 Å². The summed E-state index contributed by atoms with van der Waals surface area (Å²) < 4.78 is 14.9. The van der Waals surface area contributed by atoms with Gasteiger partial charge in [-0.1, -0.05) is 5.21 Å². The summed E-state index contributed by atoms with van der Waals surface area (Å²) in [6.45, 7) is 1.77. The molecule has 0 fully saturated rings. The first-order chi connectivity index (χ1) is 9.54. The maximum atomic E-state index is 13.5. The minimum absolute atomic E-state index is 0.133. The fourth-order valence-electron chi connectivity index (χ4n) is 2.08. The van der Waals surface area contributed by atoms with Crippen molar-refractivity contribution in [2.24, 2.45) is 0 Å². The second kappa shape index (κ2) is 4.41. The average Bonchev–Trinajstić information content (AvgIpc) is 2.80. The molecular formula is C14H10FN3O2. The second-order valence-electron chi connectivity index (χ2n) is 4.50. The smallest absolute Gasteiger partial charge is 0.335 e. The lowest BCUT2D eigenvalue weighted by atomic mass is 10.2. The number of hydrogen-bond acceptors (Lipinski definition) is 3. The van der Waals surface area contributed by atoms with Crippen molar-refractivity contribution in [1.29, 1.82) is 0 Å². The summed E-state index contributed by atoms with van der Waals surface area (Å²) in [4.78, 5) is 11.0. The Morgan fingerprint density at radius 1 is 1.25 bits per heavy atom. The van der Waals surface area contributed by atoms with Crippen LogP contribution in [0.15, 0.2) is 36.4 Å². The first-order valence-corrected chi connectivity index (χ1v) is 5.91. The lowest BCUT2D eigenvalue weighted by Gasteiger charge is -2.04. The SMILES string of the molecule is Cc1cc(F)cc(-n2nnc3ccc(C(=O)O)cc32)c1. The third-order valence-electron chi connectivity index (χ3n) is 2.96. The molecule has 0 bridgehead atoms. The van der Waals surface area contributed by atoms with Gasteiger partial charge in [0.05, 0.1) is 16.8 Å². The van der Waals surface area contributed by atoms with Gasteiger partial charge in [0.2, 0.25) is 0 Å². The summed E-state index contributed by atoms with van der Waals surface area (Å²) in [7, 11) is 0. The molecule has 20 heavy (non-hydrogen) atoms. The highest BCUT2D eigenvalue weighted by Crippen LogP contribution is 2.19. The number of halogens is 1. The molecule has 3 rings (SSSR count). The number of carbonyl (C=O) groups is 1. The van der Waals surface area contributed by atoms with Gasteiger partial charge in [0, 0.05) is 0 Å². The number of nitrogens with zero attached hydrogens (tertiary/aromatic N) is 3. The van der Waals surface area contributed by atoms with Crippen molar-refractivity contribution in [3.05, 3.63) is 53.3 Å². The van der Waals surface area contributed by atoms with E-state index in [1.54, 1.807) is 19.1 Å². The molecule has 5 nitrogen and oxygen atoms in total. The molecular weight excluding hydrogens is 261 g/mol. The van der Waals surface area contributed by atoms with Gasteiger partial charge in [-0.15, -0.1) is 5.10 Å². The Morgan fingerprint density at radius 2 is 2.05 bits per heavy atom. The molecule has 0 amide bonds. The number of carboxylic acids is 1. The lowest BCUT2D eigenvalue weighted by Crippen LogP contribution is -2.00. The van der Waals surface area contributed by atoms with Gasteiger partial charge in [0.25, 0.3) is 0 Å². The van der Waals surface area contributed by atoms with E-state index in [4.69, 9.17) is 5.11 Å². The van der Waals surface area contributed by atoms with Crippen molar-refractivity contribution in [3.63, 3.8) is 0 Å².